The Morgan fingerprint density at radius 2 is 1.85 bits per heavy atom. The number of methoxy groups -OCH3 is 1. The number of anilines is 3. The zero-order chi connectivity index (χ0) is 19.2. The van der Waals surface area contributed by atoms with Crippen LogP contribution in [0.2, 0.25) is 0 Å². The molecule has 0 atom stereocenters. The molecule has 1 aromatic heterocycles. The second-order valence-corrected chi connectivity index (χ2v) is 6.02. The van der Waals surface area contributed by atoms with Crippen LogP contribution in [-0.4, -0.2) is 61.3 Å². The molecule has 1 aliphatic rings. The molecule has 0 aliphatic carbocycles. The number of benzene rings is 1. The van der Waals surface area contributed by atoms with Crippen molar-refractivity contribution in [2.75, 3.05) is 61.6 Å². The highest BCUT2D eigenvalue weighted by Crippen LogP contribution is 2.32. The van der Waals surface area contributed by atoms with Crippen molar-refractivity contribution in [3.05, 3.63) is 46.5 Å². The van der Waals surface area contributed by atoms with E-state index in [9.17, 15) is 14.5 Å². The van der Waals surface area contributed by atoms with Crippen LogP contribution in [0.5, 0.6) is 0 Å². The highest BCUT2D eigenvalue weighted by molar-refractivity contribution is 5.70. The predicted molar refractivity (Wildman–Crippen MR) is 99.9 cm³/mol. The minimum atomic E-state index is -0.461. The highest BCUT2D eigenvalue weighted by atomic mass is 19.1. The molecule has 1 fully saturated rings. The van der Waals surface area contributed by atoms with E-state index >= 15 is 0 Å². The third kappa shape index (κ3) is 4.40. The molecule has 3 rings (SSSR count). The minimum absolute atomic E-state index is 0.135. The van der Waals surface area contributed by atoms with Gasteiger partial charge in [-0.15, -0.1) is 0 Å². The number of aromatic nitrogens is 2. The fraction of sp³-hybridized carbons (Fsp3) is 0.412. The third-order valence-corrected chi connectivity index (χ3v) is 4.36. The van der Waals surface area contributed by atoms with Crippen LogP contribution in [0.4, 0.5) is 27.4 Å². The number of hydrogen-bond donors (Lipinski definition) is 1. The molecule has 27 heavy (non-hydrogen) atoms. The standard InChI is InChI=1S/C17H21FN6O3/c1-27-11-6-19-16-15(24(25)26)17(21-12-20-16)23-9-7-22(8-10-23)14-4-2-13(18)3-5-14/h2-5,12H,6-11H2,1H3,(H,19,20,21). The van der Waals surface area contributed by atoms with Crippen molar-refractivity contribution in [3.63, 3.8) is 0 Å². The number of piperazine rings is 1. The Morgan fingerprint density at radius 3 is 2.48 bits per heavy atom. The lowest BCUT2D eigenvalue weighted by atomic mass is 10.2. The van der Waals surface area contributed by atoms with Crippen molar-refractivity contribution in [1.82, 2.24) is 9.97 Å². The maximum absolute atomic E-state index is 13.1. The Balaban J connectivity index is 1.74. The summed E-state index contributed by atoms with van der Waals surface area (Å²) in [6, 6.07) is 6.32. The Hall–Kier alpha value is -3.01. The number of halogens is 1. The quantitative estimate of drug-likeness (QED) is 0.445. The van der Waals surface area contributed by atoms with Crippen molar-refractivity contribution in [1.29, 1.82) is 0 Å². The molecule has 1 aromatic carbocycles. The monoisotopic (exact) mass is 376 g/mol. The van der Waals surface area contributed by atoms with Crippen molar-refractivity contribution in [2.45, 2.75) is 0 Å². The first-order valence-electron chi connectivity index (χ1n) is 8.58. The van der Waals surface area contributed by atoms with Crippen LogP contribution in [0.1, 0.15) is 0 Å². The summed E-state index contributed by atoms with van der Waals surface area (Å²) < 4.78 is 18.0. The molecule has 0 amide bonds. The fourth-order valence-electron chi connectivity index (χ4n) is 3.00. The van der Waals surface area contributed by atoms with Gasteiger partial charge in [0.05, 0.1) is 11.5 Å². The van der Waals surface area contributed by atoms with Gasteiger partial charge in [-0.05, 0) is 24.3 Å². The first kappa shape index (κ1) is 18.8. The van der Waals surface area contributed by atoms with Gasteiger partial charge in [-0.3, -0.25) is 10.1 Å². The van der Waals surface area contributed by atoms with Crippen molar-refractivity contribution in [2.24, 2.45) is 0 Å². The Kier molecular flexibility index (Phi) is 5.97. The molecule has 9 nitrogen and oxygen atoms in total. The maximum atomic E-state index is 13.1. The highest BCUT2D eigenvalue weighted by Gasteiger charge is 2.29. The van der Waals surface area contributed by atoms with Gasteiger partial charge in [-0.25, -0.2) is 14.4 Å². The first-order valence-corrected chi connectivity index (χ1v) is 8.58. The summed E-state index contributed by atoms with van der Waals surface area (Å²) in [6.07, 6.45) is 1.32. The smallest absolute Gasteiger partial charge is 0.353 e. The van der Waals surface area contributed by atoms with Crippen LogP contribution >= 0.6 is 0 Å². The maximum Gasteiger partial charge on any atom is 0.353 e. The number of rotatable bonds is 7. The number of nitro groups is 1. The van der Waals surface area contributed by atoms with Crippen LogP contribution in [-0.2, 0) is 4.74 Å². The van der Waals surface area contributed by atoms with Crippen LogP contribution in [0.25, 0.3) is 0 Å². The Bertz CT molecular complexity index is 781. The molecular weight excluding hydrogens is 355 g/mol. The van der Waals surface area contributed by atoms with Crippen molar-refractivity contribution >= 4 is 23.0 Å². The van der Waals surface area contributed by atoms with Gasteiger partial charge in [0.15, 0.2) is 0 Å². The largest absolute Gasteiger partial charge is 0.383 e. The predicted octanol–water partition coefficient (Wildman–Crippen LogP) is 1.91. The average molecular weight is 376 g/mol. The fourth-order valence-corrected chi connectivity index (χ4v) is 3.00. The summed E-state index contributed by atoms with van der Waals surface area (Å²) in [5, 5.41) is 14.5. The second kappa shape index (κ2) is 8.58. The topological polar surface area (TPSA) is 96.7 Å². The summed E-state index contributed by atoms with van der Waals surface area (Å²) in [5.74, 6) is 0.208. The third-order valence-electron chi connectivity index (χ3n) is 4.36. The van der Waals surface area contributed by atoms with E-state index in [4.69, 9.17) is 4.74 Å². The van der Waals surface area contributed by atoms with Gasteiger partial charge in [0, 0.05) is 45.5 Å². The van der Waals surface area contributed by atoms with Crippen LogP contribution in [0.15, 0.2) is 30.6 Å². The van der Waals surface area contributed by atoms with Crippen molar-refractivity contribution in [3.8, 4) is 0 Å². The minimum Gasteiger partial charge on any atom is -0.383 e. The molecule has 0 saturated carbocycles. The summed E-state index contributed by atoms with van der Waals surface area (Å²) in [6.45, 7) is 3.25. The van der Waals surface area contributed by atoms with Gasteiger partial charge in [-0.1, -0.05) is 0 Å². The molecular formula is C17H21FN6O3. The van der Waals surface area contributed by atoms with Crippen molar-refractivity contribution < 1.29 is 14.1 Å². The van der Waals surface area contributed by atoms with E-state index in [-0.39, 0.29) is 17.3 Å². The van der Waals surface area contributed by atoms with E-state index in [1.165, 1.54) is 18.5 Å². The lowest BCUT2D eigenvalue weighted by molar-refractivity contribution is -0.383. The number of hydrogen-bond acceptors (Lipinski definition) is 8. The number of ether oxygens (including phenoxy) is 1. The SMILES string of the molecule is COCCNc1ncnc(N2CCN(c3ccc(F)cc3)CC2)c1[N+](=O)[O-]. The Morgan fingerprint density at radius 1 is 1.19 bits per heavy atom. The zero-order valence-electron chi connectivity index (χ0n) is 15.0. The zero-order valence-corrected chi connectivity index (χ0v) is 15.0. The van der Waals surface area contributed by atoms with E-state index in [0.29, 0.717) is 45.1 Å². The first-order chi connectivity index (χ1) is 13.1. The van der Waals surface area contributed by atoms with Gasteiger partial charge < -0.3 is 19.9 Å². The van der Waals surface area contributed by atoms with E-state index in [1.807, 2.05) is 4.90 Å². The second-order valence-electron chi connectivity index (χ2n) is 6.02. The molecule has 144 valence electrons. The van der Waals surface area contributed by atoms with E-state index in [1.54, 1.807) is 19.2 Å². The molecule has 2 heterocycles. The summed E-state index contributed by atoms with van der Waals surface area (Å²) in [5.41, 5.74) is 0.791. The molecule has 1 aliphatic heterocycles. The molecule has 0 unspecified atom stereocenters. The molecule has 10 heteroatoms. The van der Waals surface area contributed by atoms with Crippen LogP contribution < -0.4 is 15.1 Å². The Labute approximate surface area is 155 Å². The number of nitrogens with zero attached hydrogens (tertiary/aromatic N) is 5. The lowest BCUT2D eigenvalue weighted by Crippen LogP contribution is -2.47. The molecule has 0 spiro atoms. The van der Waals surface area contributed by atoms with Crippen LogP contribution in [0.3, 0.4) is 0 Å². The van der Waals surface area contributed by atoms with E-state index < -0.39 is 4.92 Å². The van der Waals surface area contributed by atoms with Gasteiger partial charge in [0.25, 0.3) is 0 Å². The van der Waals surface area contributed by atoms with E-state index in [2.05, 4.69) is 20.2 Å². The summed E-state index contributed by atoms with van der Waals surface area (Å²) in [4.78, 5) is 23.3. The molecule has 0 bridgehead atoms. The van der Waals surface area contributed by atoms with Gasteiger partial charge in [0.2, 0.25) is 11.6 Å². The molecule has 1 N–H and O–H groups in total. The van der Waals surface area contributed by atoms with Gasteiger partial charge in [-0.2, -0.15) is 0 Å². The summed E-state index contributed by atoms with van der Waals surface area (Å²) >= 11 is 0. The number of nitrogens with one attached hydrogen (secondary N) is 1. The molecule has 0 radical (unpaired) electrons. The average Bonchev–Trinajstić information content (AvgIpc) is 2.68. The molecule has 1 saturated heterocycles. The van der Waals surface area contributed by atoms with Crippen LogP contribution in [0, 0.1) is 15.9 Å². The lowest BCUT2D eigenvalue weighted by Gasteiger charge is -2.36. The summed E-state index contributed by atoms with van der Waals surface area (Å²) in [7, 11) is 1.56. The molecule has 2 aromatic rings. The van der Waals surface area contributed by atoms with Gasteiger partial charge >= 0.3 is 5.69 Å². The normalized spacial score (nSPS) is 14.3. The van der Waals surface area contributed by atoms with E-state index in [0.717, 1.165) is 5.69 Å². The van der Waals surface area contributed by atoms with Gasteiger partial charge in [0.1, 0.15) is 12.1 Å².